The Morgan fingerprint density at radius 1 is 1.28 bits per heavy atom. The number of likely N-dealkylation sites (tertiary alicyclic amines) is 2. The van der Waals surface area contributed by atoms with Gasteiger partial charge in [0.2, 0.25) is 0 Å². The molecule has 3 atom stereocenters. The van der Waals surface area contributed by atoms with Crippen LogP contribution in [0.5, 0.6) is 0 Å². The van der Waals surface area contributed by atoms with Crippen molar-refractivity contribution in [2.75, 3.05) is 19.7 Å². The number of aliphatic hydroxyl groups is 1. The number of aliphatic hydroxyl groups excluding tert-OH is 1. The molecule has 138 valence electrons. The van der Waals surface area contributed by atoms with Gasteiger partial charge in [0.1, 0.15) is 0 Å². The molecule has 0 aromatic heterocycles. The van der Waals surface area contributed by atoms with E-state index >= 15 is 0 Å². The van der Waals surface area contributed by atoms with Crippen molar-refractivity contribution in [3.05, 3.63) is 35.9 Å². The molecule has 5 heteroatoms. The van der Waals surface area contributed by atoms with Crippen LogP contribution in [0.15, 0.2) is 30.3 Å². The number of hydrogen-bond acceptors (Lipinski definition) is 3. The molecule has 0 radical (unpaired) electrons. The normalized spacial score (nSPS) is 27.4. The molecule has 0 saturated carbocycles. The summed E-state index contributed by atoms with van der Waals surface area (Å²) >= 11 is 0. The Bertz CT molecular complexity index is 549. The fraction of sp³-hybridized carbons (Fsp3) is 0.650. The van der Waals surface area contributed by atoms with Crippen LogP contribution < -0.4 is 5.32 Å². The molecule has 0 aliphatic carbocycles. The molecule has 2 fully saturated rings. The number of piperidine rings is 1. The first-order valence-electron chi connectivity index (χ1n) is 9.63. The second-order valence-corrected chi connectivity index (χ2v) is 7.50. The second-order valence-electron chi connectivity index (χ2n) is 7.50. The first kappa shape index (κ1) is 18.2. The monoisotopic (exact) mass is 345 g/mol. The number of amides is 2. The zero-order chi connectivity index (χ0) is 17.6. The van der Waals surface area contributed by atoms with Crippen LogP contribution in [0.25, 0.3) is 0 Å². The molecule has 0 bridgehead atoms. The maximum atomic E-state index is 12.7. The van der Waals surface area contributed by atoms with Crippen LogP contribution in [0.4, 0.5) is 4.79 Å². The summed E-state index contributed by atoms with van der Waals surface area (Å²) in [6.07, 6.45) is 4.91. The third kappa shape index (κ3) is 4.73. The molecule has 25 heavy (non-hydrogen) atoms. The lowest BCUT2D eigenvalue weighted by Crippen LogP contribution is -2.51. The molecule has 0 spiro atoms. The first-order valence-corrected chi connectivity index (χ1v) is 9.63. The average molecular weight is 345 g/mol. The largest absolute Gasteiger partial charge is 0.396 e. The highest BCUT2D eigenvalue weighted by molar-refractivity contribution is 5.75. The molecule has 2 aliphatic rings. The molecule has 2 N–H and O–H groups in total. The Labute approximate surface area is 151 Å². The fourth-order valence-electron chi connectivity index (χ4n) is 4.22. The maximum Gasteiger partial charge on any atom is 0.317 e. The van der Waals surface area contributed by atoms with Crippen LogP contribution in [0.2, 0.25) is 0 Å². The summed E-state index contributed by atoms with van der Waals surface area (Å²) in [6.45, 7) is 5.04. The Morgan fingerprint density at radius 3 is 2.84 bits per heavy atom. The topological polar surface area (TPSA) is 55.8 Å². The van der Waals surface area contributed by atoms with Gasteiger partial charge < -0.3 is 15.3 Å². The van der Waals surface area contributed by atoms with Gasteiger partial charge in [-0.15, -0.1) is 0 Å². The minimum absolute atomic E-state index is 0.0527. The highest BCUT2D eigenvalue weighted by atomic mass is 16.3. The van der Waals surface area contributed by atoms with Gasteiger partial charge in [-0.1, -0.05) is 30.3 Å². The summed E-state index contributed by atoms with van der Waals surface area (Å²) in [6, 6.07) is 11.4. The average Bonchev–Trinajstić information content (AvgIpc) is 2.95. The van der Waals surface area contributed by atoms with E-state index in [2.05, 4.69) is 41.4 Å². The number of carbonyl (C=O) groups is 1. The third-order valence-electron chi connectivity index (χ3n) is 5.61. The lowest BCUT2D eigenvalue weighted by molar-refractivity contribution is 0.129. The molecule has 2 heterocycles. The summed E-state index contributed by atoms with van der Waals surface area (Å²) in [5.74, 6) is 0. The van der Waals surface area contributed by atoms with Gasteiger partial charge in [-0.3, -0.25) is 4.90 Å². The molecule has 2 aliphatic heterocycles. The number of nitrogens with zero attached hydrogens (tertiary/aromatic N) is 2. The van der Waals surface area contributed by atoms with E-state index in [1.165, 1.54) is 5.56 Å². The van der Waals surface area contributed by atoms with Crippen molar-refractivity contribution in [2.24, 2.45) is 0 Å². The zero-order valence-corrected chi connectivity index (χ0v) is 15.2. The zero-order valence-electron chi connectivity index (χ0n) is 15.2. The van der Waals surface area contributed by atoms with Gasteiger partial charge in [-0.2, -0.15) is 0 Å². The Balaban J connectivity index is 1.53. The van der Waals surface area contributed by atoms with E-state index < -0.39 is 0 Å². The predicted molar refractivity (Wildman–Crippen MR) is 99.3 cm³/mol. The van der Waals surface area contributed by atoms with Crippen molar-refractivity contribution in [3.8, 4) is 0 Å². The fourth-order valence-corrected chi connectivity index (χ4v) is 4.22. The lowest BCUT2D eigenvalue weighted by atomic mass is 10.00. The van der Waals surface area contributed by atoms with E-state index in [4.69, 9.17) is 0 Å². The van der Waals surface area contributed by atoms with E-state index in [9.17, 15) is 9.90 Å². The minimum atomic E-state index is 0.0527. The SMILES string of the molecule is CC1CC(NC(=O)N2CCCCC2CCO)CN1Cc1ccccc1. The summed E-state index contributed by atoms with van der Waals surface area (Å²) in [5, 5.41) is 12.5. The number of nitrogens with one attached hydrogen (secondary N) is 1. The van der Waals surface area contributed by atoms with E-state index in [1.54, 1.807) is 0 Å². The maximum absolute atomic E-state index is 12.7. The van der Waals surface area contributed by atoms with E-state index in [1.807, 2.05) is 11.0 Å². The van der Waals surface area contributed by atoms with Crippen molar-refractivity contribution in [2.45, 2.75) is 63.7 Å². The van der Waals surface area contributed by atoms with Crippen LogP contribution in [-0.2, 0) is 6.54 Å². The quantitative estimate of drug-likeness (QED) is 0.862. The molecule has 2 saturated heterocycles. The molecular weight excluding hydrogens is 314 g/mol. The van der Waals surface area contributed by atoms with Crippen LogP contribution in [0.3, 0.4) is 0 Å². The van der Waals surface area contributed by atoms with E-state index in [-0.39, 0.29) is 24.7 Å². The standard InChI is InChI=1S/C20H31N3O2/c1-16-13-18(15-22(16)14-17-7-3-2-4-8-17)21-20(25)23-11-6-5-9-19(23)10-12-24/h2-4,7-8,16,18-19,24H,5-6,9-15H2,1H3,(H,21,25). The molecule has 1 aromatic rings. The second kappa shape index (κ2) is 8.68. The Morgan fingerprint density at radius 2 is 2.08 bits per heavy atom. The van der Waals surface area contributed by atoms with Gasteiger partial charge in [0, 0.05) is 44.4 Å². The van der Waals surface area contributed by atoms with Gasteiger partial charge in [0.25, 0.3) is 0 Å². The van der Waals surface area contributed by atoms with Crippen LogP contribution in [-0.4, -0.2) is 58.8 Å². The van der Waals surface area contributed by atoms with Crippen molar-refractivity contribution >= 4 is 6.03 Å². The summed E-state index contributed by atoms with van der Waals surface area (Å²) in [5.41, 5.74) is 1.32. The molecule has 2 amide bonds. The number of rotatable bonds is 5. The van der Waals surface area contributed by atoms with E-state index in [0.29, 0.717) is 12.5 Å². The van der Waals surface area contributed by atoms with Gasteiger partial charge >= 0.3 is 6.03 Å². The third-order valence-corrected chi connectivity index (χ3v) is 5.61. The van der Waals surface area contributed by atoms with Crippen molar-refractivity contribution in [3.63, 3.8) is 0 Å². The molecule has 3 unspecified atom stereocenters. The number of benzene rings is 1. The van der Waals surface area contributed by atoms with Gasteiger partial charge in [0.05, 0.1) is 0 Å². The van der Waals surface area contributed by atoms with Gasteiger partial charge in [0.15, 0.2) is 0 Å². The van der Waals surface area contributed by atoms with Crippen molar-refractivity contribution in [1.29, 1.82) is 0 Å². The highest BCUT2D eigenvalue weighted by Crippen LogP contribution is 2.23. The highest BCUT2D eigenvalue weighted by Gasteiger charge is 2.33. The van der Waals surface area contributed by atoms with Crippen LogP contribution >= 0.6 is 0 Å². The number of hydrogen-bond donors (Lipinski definition) is 2. The summed E-state index contributed by atoms with van der Waals surface area (Å²) in [7, 11) is 0. The smallest absolute Gasteiger partial charge is 0.317 e. The lowest BCUT2D eigenvalue weighted by Gasteiger charge is -2.36. The summed E-state index contributed by atoms with van der Waals surface area (Å²) in [4.78, 5) is 17.1. The number of carbonyl (C=O) groups excluding carboxylic acids is 1. The Kier molecular flexibility index (Phi) is 6.32. The molecule has 5 nitrogen and oxygen atoms in total. The molecule has 1 aromatic carbocycles. The summed E-state index contributed by atoms with van der Waals surface area (Å²) < 4.78 is 0. The van der Waals surface area contributed by atoms with E-state index in [0.717, 1.165) is 45.3 Å². The van der Waals surface area contributed by atoms with Gasteiger partial charge in [-0.25, -0.2) is 4.79 Å². The van der Waals surface area contributed by atoms with Crippen LogP contribution in [0.1, 0.15) is 44.6 Å². The van der Waals surface area contributed by atoms with Crippen LogP contribution in [0, 0.1) is 0 Å². The first-order chi connectivity index (χ1) is 12.2. The molecular formula is C20H31N3O2. The Hall–Kier alpha value is -1.59. The minimum Gasteiger partial charge on any atom is -0.396 e. The predicted octanol–water partition coefficient (Wildman–Crippen LogP) is 2.60. The van der Waals surface area contributed by atoms with Crippen molar-refractivity contribution in [1.82, 2.24) is 15.1 Å². The molecule has 3 rings (SSSR count). The van der Waals surface area contributed by atoms with Crippen molar-refractivity contribution < 1.29 is 9.90 Å². The number of urea groups is 1. The van der Waals surface area contributed by atoms with Gasteiger partial charge in [-0.05, 0) is 44.6 Å².